The summed E-state index contributed by atoms with van der Waals surface area (Å²) < 4.78 is 0. The highest BCUT2D eigenvalue weighted by atomic mass is 15.6. The number of anilines is 1. The van der Waals surface area contributed by atoms with Crippen LogP contribution in [-0.2, 0) is 11.8 Å². The molecule has 6 nitrogen and oxygen atoms in total. The Labute approximate surface area is 159 Å². The average molecular weight is 360 g/mol. The first-order valence-electron chi connectivity index (χ1n) is 9.59. The Morgan fingerprint density at radius 2 is 2.15 bits per heavy atom. The monoisotopic (exact) mass is 360 g/mol. The summed E-state index contributed by atoms with van der Waals surface area (Å²) in [4.78, 5) is 14.3. The fourth-order valence-corrected chi connectivity index (χ4v) is 4.02. The van der Waals surface area contributed by atoms with Crippen molar-refractivity contribution in [2.24, 2.45) is 4.99 Å². The Morgan fingerprint density at radius 3 is 3.07 bits per heavy atom. The molecule has 0 amide bonds. The Bertz CT molecular complexity index is 945. The molecule has 3 aliphatic heterocycles. The van der Waals surface area contributed by atoms with Gasteiger partial charge < -0.3 is 5.32 Å². The summed E-state index contributed by atoms with van der Waals surface area (Å²) in [6.45, 7) is 5.58. The van der Waals surface area contributed by atoms with Crippen molar-refractivity contribution < 1.29 is 0 Å². The van der Waals surface area contributed by atoms with E-state index in [0.717, 1.165) is 48.6 Å². The van der Waals surface area contributed by atoms with Gasteiger partial charge in [0.05, 0.1) is 17.1 Å². The van der Waals surface area contributed by atoms with Gasteiger partial charge in [-0.05, 0) is 37.1 Å². The van der Waals surface area contributed by atoms with Crippen LogP contribution in [0.25, 0.3) is 6.08 Å². The van der Waals surface area contributed by atoms with Crippen molar-refractivity contribution in [1.82, 2.24) is 20.4 Å². The molecule has 0 spiro atoms. The van der Waals surface area contributed by atoms with Crippen LogP contribution in [0.1, 0.15) is 55.5 Å². The highest BCUT2D eigenvalue weighted by Crippen LogP contribution is 2.35. The van der Waals surface area contributed by atoms with Gasteiger partial charge in [0.25, 0.3) is 0 Å². The van der Waals surface area contributed by atoms with Gasteiger partial charge in [-0.2, -0.15) is 0 Å². The minimum atomic E-state index is -0.0201. The average Bonchev–Trinajstić information content (AvgIpc) is 3.10. The van der Waals surface area contributed by atoms with Crippen LogP contribution in [0.15, 0.2) is 41.7 Å². The third-order valence-corrected chi connectivity index (χ3v) is 5.62. The number of aliphatic imine (C=N–C) groups is 1. The van der Waals surface area contributed by atoms with Gasteiger partial charge in [-0.15, -0.1) is 0 Å². The number of hydrazine groups is 1. The fraction of sp³-hybridized carbons (Fsp3) is 0.381. The zero-order valence-corrected chi connectivity index (χ0v) is 15.7. The van der Waals surface area contributed by atoms with E-state index in [-0.39, 0.29) is 11.6 Å². The number of aryl methyl sites for hydroxylation is 1. The van der Waals surface area contributed by atoms with Crippen LogP contribution >= 0.6 is 0 Å². The third-order valence-electron chi connectivity index (χ3n) is 5.62. The number of nitrogens with zero attached hydrogens (tertiary/aromatic N) is 4. The van der Waals surface area contributed by atoms with Crippen LogP contribution in [0, 0.1) is 0 Å². The van der Waals surface area contributed by atoms with Crippen molar-refractivity contribution in [3.63, 3.8) is 0 Å². The summed E-state index contributed by atoms with van der Waals surface area (Å²) in [6.07, 6.45) is 8.67. The Kier molecular flexibility index (Phi) is 3.67. The quantitative estimate of drug-likeness (QED) is 0.878. The molecule has 5 heterocycles. The van der Waals surface area contributed by atoms with E-state index in [9.17, 15) is 0 Å². The summed E-state index contributed by atoms with van der Waals surface area (Å²) in [5.74, 6) is 0.998. The first-order valence-corrected chi connectivity index (χ1v) is 9.59. The second-order valence-corrected chi connectivity index (χ2v) is 8.02. The molecule has 1 unspecified atom stereocenters. The lowest BCUT2D eigenvalue weighted by Gasteiger charge is -2.32. The van der Waals surface area contributed by atoms with Gasteiger partial charge in [0.1, 0.15) is 5.84 Å². The smallest absolute Gasteiger partial charge is 0.168 e. The molecule has 3 aliphatic rings. The molecule has 5 rings (SSSR count). The second-order valence-electron chi connectivity index (χ2n) is 8.02. The van der Waals surface area contributed by atoms with Gasteiger partial charge in [-0.25, -0.2) is 4.99 Å². The summed E-state index contributed by atoms with van der Waals surface area (Å²) in [7, 11) is 0. The lowest BCUT2D eigenvalue weighted by Crippen LogP contribution is -2.34. The summed E-state index contributed by atoms with van der Waals surface area (Å²) >= 11 is 0. The van der Waals surface area contributed by atoms with Crippen LogP contribution in [0.3, 0.4) is 0 Å². The number of nitrogens with one attached hydrogen (secondary N) is 2. The van der Waals surface area contributed by atoms with E-state index in [1.807, 2.05) is 29.5 Å². The van der Waals surface area contributed by atoms with E-state index >= 15 is 0 Å². The van der Waals surface area contributed by atoms with Gasteiger partial charge in [0.15, 0.2) is 6.17 Å². The first kappa shape index (κ1) is 16.3. The van der Waals surface area contributed by atoms with E-state index in [1.165, 1.54) is 11.4 Å². The van der Waals surface area contributed by atoms with E-state index in [1.54, 1.807) is 0 Å². The van der Waals surface area contributed by atoms with Crippen molar-refractivity contribution >= 4 is 17.6 Å². The van der Waals surface area contributed by atoms with Crippen molar-refractivity contribution in [2.75, 3.05) is 11.9 Å². The largest absolute Gasteiger partial charge is 0.384 e. The van der Waals surface area contributed by atoms with Crippen LogP contribution in [0.5, 0.6) is 0 Å². The predicted octanol–water partition coefficient (Wildman–Crippen LogP) is 3.40. The van der Waals surface area contributed by atoms with Gasteiger partial charge in [0, 0.05) is 42.0 Å². The molecular formula is C21H24N6. The SMILES string of the molecule is CC1(C)CCNc2ccc(CCC3=NC4c5cccnc5C=CN4N3)nc21. The highest BCUT2D eigenvalue weighted by Gasteiger charge is 2.31. The Morgan fingerprint density at radius 1 is 1.22 bits per heavy atom. The Hall–Kier alpha value is -2.89. The van der Waals surface area contributed by atoms with Crippen molar-refractivity contribution in [3.05, 3.63) is 59.3 Å². The van der Waals surface area contributed by atoms with Gasteiger partial charge in [0.2, 0.25) is 0 Å². The molecular weight excluding hydrogens is 336 g/mol. The number of amidine groups is 1. The topological polar surface area (TPSA) is 65.4 Å². The van der Waals surface area contributed by atoms with Gasteiger partial charge in [-0.3, -0.25) is 20.4 Å². The minimum absolute atomic E-state index is 0.0201. The molecule has 2 N–H and O–H groups in total. The lowest BCUT2D eigenvalue weighted by molar-refractivity contribution is 0.276. The summed E-state index contributed by atoms with van der Waals surface area (Å²) in [5, 5.41) is 5.52. The number of aromatic nitrogens is 2. The third kappa shape index (κ3) is 2.85. The minimum Gasteiger partial charge on any atom is -0.384 e. The standard InChI is InChI=1S/C21H24N6/c1-21(2)10-12-23-17-7-5-14(24-19(17)21)6-8-18-25-20-15-4-3-11-22-16(15)9-13-27(20)26-18/h3-5,7,9,11,13,20,23H,6,8,10,12H2,1-2H3,(H,25,26). The molecule has 0 aliphatic carbocycles. The zero-order chi connectivity index (χ0) is 18.4. The number of hydrogen-bond donors (Lipinski definition) is 2. The molecule has 6 heteroatoms. The van der Waals surface area contributed by atoms with E-state index in [4.69, 9.17) is 9.98 Å². The maximum atomic E-state index is 4.97. The van der Waals surface area contributed by atoms with Crippen LogP contribution in [-0.4, -0.2) is 27.4 Å². The zero-order valence-electron chi connectivity index (χ0n) is 15.7. The number of fused-ring (bicyclic) bond motifs is 4. The first-order chi connectivity index (χ1) is 13.1. The van der Waals surface area contributed by atoms with E-state index in [0.29, 0.717) is 0 Å². The molecule has 0 bridgehead atoms. The molecule has 27 heavy (non-hydrogen) atoms. The lowest BCUT2D eigenvalue weighted by atomic mass is 9.82. The number of hydrogen-bond acceptors (Lipinski definition) is 6. The molecule has 1 atom stereocenters. The molecule has 138 valence electrons. The summed E-state index contributed by atoms with van der Waals surface area (Å²) in [5.41, 5.74) is 9.16. The van der Waals surface area contributed by atoms with E-state index in [2.05, 4.69) is 47.8 Å². The molecule has 0 aromatic carbocycles. The van der Waals surface area contributed by atoms with Crippen molar-refractivity contribution in [3.8, 4) is 0 Å². The van der Waals surface area contributed by atoms with Crippen LogP contribution in [0.2, 0.25) is 0 Å². The molecule has 0 saturated heterocycles. The van der Waals surface area contributed by atoms with Crippen molar-refractivity contribution in [2.45, 2.75) is 44.7 Å². The normalized spacial score (nSPS) is 21.5. The maximum absolute atomic E-state index is 4.97. The van der Waals surface area contributed by atoms with Gasteiger partial charge in [-0.1, -0.05) is 19.9 Å². The second kappa shape index (κ2) is 6.08. The molecule has 0 fully saturated rings. The highest BCUT2D eigenvalue weighted by molar-refractivity contribution is 5.84. The molecule has 0 saturated carbocycles. The Balaban J connectivity index is 1.33. The predicted molar refractivity (Wildman–Crippen MR) is 107 cm³/mol. The maximum Gasteiger partial charge on any atom is 0.168 e. The number of rotatable bonds is 3. The van der Waals surface area contributed by atoms with Crippen molar-refractivity contribution in [1.29, 1.82) is 0 Å². The number of pyridine rings is 2. The molecule has 0 radical (unpaired) electrons. The van der Waals surface area contributed by atoms with Gasteiger partial charge >= 0.3 is 0 Å². The fourth-order valence-electron chi connectivity index (χ4n) is 4.02. The molecule has 2 aromatic rings. The molecule has 2 aromatic heterocycles. The van der Waals surface area contributed by atoms with Crippen LogP contribution < -0.4 is 10.7 Å². The van der Waals surface area contributed by atoms with Crippen LogP contribution in [0.4, 0.5) is 5.69 Å². The summed E-state index contributed by atoms with van der Waals surface area (Å²) in [6, 6.07) is 8.37. The van der Waals surface area contributed by atoms with E-state index < -0.39 is 0 Å².